The first kappa shape index (κ1) is 22.1. The predicted molar refractivity (Wildman–Crippen MR) is 111 cm³/mol. The first-order chi connectivity index (χ1) is 15.0. The van der Waals surface area contributed by atoms with Crippen molar-refractivity contribution in [3.8, 4) is 0 Å². The number of imide groups is 1. The molecule has 1 aliphatic heterocycles. The average Bonchev–Trinajstić information content (AvgIpc) is 3.27. The summed E-state index contributed by atoms with van der Waals surface area (Å²) in [6.07, 6.45) is -1.79. The molecule has 1 aliphatic carbocycles. The van der Waals surface area contributed by atoms with Crippen molar-refractivity contribution in [2.75, 3.05) is 11.9 Å². The average molecular weight is 466 g/mol. The molecule has 0 bridgehead atoms. The third-order valence-electron chi connectivity index (χ3n) is 5.81. The molecule has 168 valence electrons. The highest BCUT2D eigenvalue weighted by atomic mass is 35.5. The van der Waals surface area contributed by atoms with E-state index in [-0.39, 0.29) is 5.69 Å². The number of nitrogens with one attached hydrogen (secondary N) is 2. The van der Waals surface area contributed by atoms with Crippen molar-refractivity contribution in [1.29, 1.82) is 0 Å². The van der Waals surface area contributed by atoms with Crippen molar-refractivity contribution >= 4 is 35.1 Å². The number of urea groups is 1. The van der Waals surface area contributed by atoms with Gasteiger partial charge in [0.15, 0.2) is 0 Å². The summed E-state index contributed by atoms with van der Waals surface area (Å²) in [6.45, 7) is 0.922. The number of nitrogens with zero attached hydrogens (tertiary/aromatic N) is 1. The number of amides is 4. The Morgan fingerprint density at radius 1 is 1.16 bits per heavy atom. The second kappa shape index (κ2) is 7.81. The van der Waals surface area contributed by atoms with Gasteiger partial charge in [-0.15, -0.1) is 0 Å². The molecule has 10 heteroatoms. The second-order valence-corrected chi connectivity index (χ2v) is 8.43. The minimum absolute atomic E-state index is 0.153. The van der Waals surface area contributed by atoms with Gasteiger partial charge < -0.3 is 10.6 Å². The minimum Gasteiger partial charge on any atom is -0.325 e. The fraction of sp³-hybridized carbons (Fsp3) is 0.318. The first-order valence-corrected chi connectivity index (χ1v) is 10.3. The Hall–Kier alpha value is -3.07. The van der Waals surface area contributed by atoms with Gasteiger partial charge in [0.1, 0.15) is 12.1 Å². The topological polar surface area (TPSA) is 78.5 Å². The third kappa shape index (κ3) is 3.92. The van der Waals surface area contributed by atoms with Crippen LogP contribution in [0.1, 0.15) is 35.6 Å². The number of fused-ring (bicyclic) bond motifs is 1. The SMILES string of the molecule is CC1(c2ccc3c(c2)CCC3)NC(=O)N(CC(=O)Nc2ccc(Cl)c(C(F)(F)F)c2)C1=O. The lowest BCUT2D eigenvalue weighted by molar-refractivity contribution is -0.137. The highest BCUT2D eigenvalue weighted by Gasteiger charge is 2.49. The number of alkyl halides is 3. The summed E-state index contributed by atoms with van der Waals surface area (Å²) < 4.78 is 39.1. The van der Waals surface area contributed by atoms with E-state index in [0.29, 0.717) is 11.6 Å². The Balaban J connectivity index is 1.50. The highest BCUT2D eigenvalue weighted by Crippen LogP contribution is 2.36. The lowest BCUT2D eigenvalue weighted by atomic mass is 9.89. The molecule has 0 radical (unpaired) electrons. The zero-order chi connectivity index (χ0) is 23.3. The van der Waals surface area contributed by atoms with Gasteiger partial charge >= 0.3 is 12.2 Å². The smallest absolute Gasteiger partial charge is 0.325 e. The monoisotopic (exact) mass is 465 g/mol. The van der Waals surface area contributed by atoms with Crippen LogP contribution in [0.5, 0.6) is 0 Å². The molecule has 1 saturated heterocycles. The molecule has 2 aliphatic rings. The number of benzene rings is 2. The van der Waals surface area contributed by atoms with Crippen LogP contribution in [0.15, 0.2) is 36.4 Å². The van der Waals surface area contributed by atoms with Crippen LogP contribution in [0.3, 0.4) is 0 Å². The van der Waals surface area contributed by atoms with Crippen molar-refractivity contribution in [1.82, 2.24) is 10.2 Å². The maximum absolute atomic E-state index is 13.1. The van der Waals surface area contributed by atoms with E-state index in [9.17, 15) is 27.6 Å². The van der Waals surface area contributed by atoms with Crippen molar-refractivity contribution in [2.24, 2.45) is 0 Å². The van der Waals surface area contributed by atoms with E-state index in [2.05, 4.69) is 10.6 Å². The summed E-state index contributed by atoms with van der Waals surface area (Å²) in [4.78, 5) is 38.7. The zero-order valence-electron chi connectivity index (χ0n) is 17.0. The molecule has 1 heterocycles. The van der Waals surface area contributed by atoms with Gasteiger partial charge in [-0.1, -0.05) is 29.8 Å². The zero-order valence-corrected chi connectivity index (χ0v) is 17.7. The van der Waals surface area contributed by atoms with Crippen LogP contribution < -0.4 is 10.6 Å². The largest absolute Gasteiger partial charge is 0.417 e. The van der Waals surface area contributed by atoms with Crippen LogP contribution in [-0.4, -0.2) is 29.3 Å². The van der Waals surface area contributed by atoms with Crippen LogP contribution in [0.25, 0.3) is 0 Å². The van der Waals surface area contributed by atoms with Gasteiger partial charge in [-0.25, -0.2) is 4.79 Å². The maximum Gasteiger partial charge on any atom is 0.417 e. The van der Waals surface area contributed by atoms with Crippen LogP contribution in [0.4, 0.5) is 23.7 Å². The van der Waals surface area contributed by atoms with Crippen molar-refractivity contribution in [3.05, 3.63) is 63.7 Å². The number of carbonyl (C=O) groups excluding carboxylic acids is 3. The molecular formula is C22H19ClF3N3O3. The van der Waals surface area contributed by atoms with Gasteiger partial charge in [-0.3, -0.25) is 14.5 Å². The molecule has 2 aromatic rings. The Bertz CT molecular complexity index is 1140. The summed E-state index contributed by atoms with van der Waals surface area (Å²) in [5.41, 5.74) is 0.374. The number of hydrogen-bond donors (Lipinski definition) is 2. The molecule has 1 unspecified atom stereocenters. The Morgan fingerprint density at radius 2 is 1.88 bits per heavy atom. The minimum atomic E-state index is -4.69. The first-order valence-electron chi connectivity index (χ1n) is 9.92. The molecule has 1 fully saturated rings. The number of anilines is 1. The van der Waals surface area contributed by atoms with Crippen molar-refractivity contribution in [3.63, 3.8) is 0 Å². The maximum atomic E-state index is 13.1. The third-order valence-corrected chi connectivity index (χ3v) is 6.14. The van der Waals surface area contributed by atoms with Crippen LogP contribution >= 0.6 is 11.6 Å². The van der Waals surface area contributed by atoms with E-state index >= 15 is 0 Å². The number of halogens is 4. The quantitative estimate of drug-likeness (QED) is 0.662. The molecule has 2 N–H and O–H groups in total. The van der Waals surface area contributed by atoms with Gasteiger partial charge in [-0.05, 0) is 61.1 Å². The van der Waals surface area contributed by atoms with Crippen LogP contribution in [0.2, 0.25) is 5.02 Å². The van der Waals surface area contributed by atoms with Crippen LogP contribution in [0, 0.1) is 0 Å². The van der Waals surface area contributed by atoms with Crippen LogP contribution in [-0.2, 0) is 34.1 Å². The molecular weight excluding hydrogens is 447 g/mol. The standard InChI is InChI=1S/C22H19ClF3N3O3/c1-21(14-6-5-12-3-2-4-13(12)9-14)19(31)29(20(32)28-21)11-18(30)27-15-7-8-17(23)16(10-15)22(24,25)26/h5-10H,2-4,11H2,1H3,(H,27,30)(H,28,32). The summed E-state index contributed by atoms with van der Waals surface area (Å²) in [5.74, 6) is -1.43. The van der Waals surface area contributed by atoms with E-state index in [1.807, 2.05) is 12.1 Å². The molecule has 2 aromatic carbocycles. The molecule has 0 spiro atoms. The lowest BCUT2D eigenvalue weighted by Gasteiger charge is -2.23. The van der Waals surface area contributed by atoms with Gasteiger partial charge in [0.05, 0.1) is 10.6 Å². The van der Waals surface area contributed by atoms with Crippen molar-refractivity contribution in [2.45, 2.75) is 37.9 Å². The van der Waals surface area contributed by atoms with Gasteiger partial charge in [0, 0.05) is 5.69 Å². The fourth-order valence-corrected chi connectivity index (χ4v) is 4.31. The van der Waals surface area contributed by atoms with Gasteiger partial charge in [0.2, 0.25) is 5.91 Å². The molecule has 4 amide bonds. The summed E-state index contributed by atoms with van der Waals surface area (Å²) in [7, 11) is 0. The number of aryl methyl sites for hydroxylation is 2. The van der Waals surface area contributed by atoms with Gasteiger partial charge in [-0.2, -0.15) is 13.2 Å². The Morgan fingerprint density at radius 3 is 2.59 bits per heavy atom. The summed E-state index contributed by atoms with van der Waals surface area (Å²) in [5, 5.41) is 4.41. The van der Waals surface area contributed by atoms with E-state index in [1.165, 1.54) is 11.6 Å². The number of hydrogen-bond acceptors (Lipinski definition) is 3. The normalized spacial score (nSPS) is 20.3. The number of rotatable bonds is 4. The highest BCUT2D eigenvalue weighted by molar-refractivity contribution is 6.31. The van der Waals surface area contributed by atoms with E-state index < -0.39 is 46.7 Å². The van der Waals surface area contributed by atoms with E-state index in [0.717, 1.165) is 35.8 Å². The molecule has 32 heavy (non-hydrogen) atoms. The molecule has 0 saturated carbocycles. The fourth-order valence-electron chi connectivity index (χ4n) is 4.08. The number of carbonyl (C=O) groups is 3. The summed E-state index contributed by atoms with van der Waals surface area (Å²) in [6, 6.07) is 7.79. The molecule has 4 rings (SSSR count). The van der Waals surface area contributed by atoms with Crippen molar-refractivity contribution < 1.29 is 27.6 Å². The Kier molecular flexibility index (Phi) is 5.40. The second-order valence-electron chi connectivity index (χ2n) is 8.02. The Labute approximate surface area is 186 Å². The molecule has 6 nitrogen and oxygen atoms in total. The molecule has 1 atom stereocenters. The molecule has 0 aromatic heterocycles. The van der Waals surface area contributed by atoms with E-state index in [4.69, 9.17) is 11.6 Å². The predicted octanol–water partition coefficient (Wildman–Crippen LogP) is 4.25. The van der Waals surface area contributed by atoms with Gasteiger partial charge in [0.25, 0.3) is 5.91 Å². The lowest BCUT2D eigenvalue weighted by Crippen LogP contribution is -2.42. The summed E-state index contributed by atoms with van der Waals surface area (Å²) >= 11 is 5.58. The van der Waals surface area contributed by atoms with E-state index in [1.54, 1.807) is 13.0 Å².